The number of halogens is 1. The van der Waals surface area contributed by atoms with Crippen molar-refractivity contribution in [3.8, 4) is 11.9 Å². The van der Waals surface area contributed by atoms with Crippen LogP contribution in [0.4, 0.5) is 0 Å². The van der Waals surface area contributed by atoms with E-state index in [4.69, 9.17) is 21.6 Å². The molecular formula is C6H5ClN3NaO. The zero-order valence-electron chi connectivity index (χ0n) is 5.71. The van der Waals surface area contributed by atoms with E-state index < -0.39 is 0 Å². The first-order valence-corrected chi connectivity index (χ1v) is 3.12. The molecule has 0 saturated carbocycles. The van der Waals surface area contributed by atoms with E-state index in [2.05, 4.69) is 9.97 Å². The second kappa shape index (κ2) is 5.33. The Labute approximate surface area is 96.8 Å². The van der Waals surface area contributed by atoms with E-state index in [0.717, 1.165) is 0 Å². The van der Waals surface area contributed by atoms with Crippen molar-refractivity contribution in [3.63, 3.8) is 0 Å². The Morgan fingerprint density at radius 3 is 2.67 bits per heavy atom. The molecule has 0 radical (unpaired) electrons. The molecule has 0 aliphatic carbocycles. The van der Waals surface area contributed by atoms with Gasteiger partial charge in [-0.25, -0.2) is 9.97 Å². The van der Waals surface area contributed by atoms with Gasteiger partial charge in [0.25, 0.3) is 0 Å². The Morgan fingerprint density at radius 1 is 1.58 bits per heavy atom. The van der Waals surface area contributed by atoms with Crippen molar-refractivity contribution in [3.05, 3.63) is 17.0 Å². The molecule has 1 heterocycles. The summed E-state index contributed by atoms with van der Waals surface area (Å²) in [7, 11) is 1.42. The standard InChI is InChI=1S/C6H4ClN3O.Na.H/c1-11-6-4(2-8)5(7)9-3-10-6;;/h3H,1H3;;. The first kappa shape index (κ1) is 11.7. The van der Waals surface area contributed by atoms with Gasteiger partial charge in [-0.3, -0.25) is 0 Å². The van der Waals surface area contributed by atoms with Crippen molar-refractivity contribution in [2.45, 2.75) is 0 Å². The molecule has 0 spiro atoms. The number of nitriles is 1. The summed E-state index contributed by atoms with van der Waals surface area (Å²) in [5, 5.41) is 8.65. The van der Waals surface area contributed by atoms with Gasteiger partial charge in [0, 0.05) is 0 Å². The SMILES string of the molecule is COc1ncnc(Cl)c1C#N.[NaH]. The molecule has 4 nitrogen and oxygen atoms in total. The van der Waals surface area contributed by atoms with Crippen LogP contribution in [0.5, 0.6) is 5.88 Å². The summed E-state index contributed by atoms with van der Waals surface area (Å²) in [4.78, 5) is 7.30. The maximum absolute atomic E-state index is 8.54. The summed E-state index contributed by atoms with van der Waals surface area (Å²) in [5.41, 5.74) is 0.164. The molecule has 0 fully saturated rings. The Balaban J connectivity index is 0.00000121. The van der Waals surface area contributed by atoms with E-state index >= 15 is 0 Å². The van der Waals surface area contributed by atoms with Crippen molar-refractivity contribution >= 4 is 41.2 Å². The summed E-state index contributed by atoms with van der Waals surface area (Å²) >= 11 is 5.55. The number of hydrogen-bond donors (Lipinski definition) is 0. The Kier molecular flexibility index (Phi) is 5.18. The number of methoxy groups -OCH3 is 1. The Morgan fingerprint density at radius 2 is 2.25 bits per heavy atom. The molecule has 1 rings (SSSR count). The van der Waals surface area contributed by atoms with Crippen LogP contribution in [0.1, 0.15) is 5.56 Å². The molecule has 6 heteroatoms. The maximum atomic E-state index is 8.54. The third kappa shape index (κ3) is 2.32. The van der Waals surface area contributed by atoms with Gasteiger partial charge in [-0.05, 0) is 0 Å². The predicted molar refractivity (Wildman–Crippen MR) is 45.5 cm³/mol. The topological polar surface area (TPSA) is 58.8 Å². The normalized spacial score (nSPS) is 8.08. The van der Waals surface area contributed by atoms with Crippen LogP contribution in [-0.2, 0) is 0 Å². The average Bonchev–Trinajstić information content (AvgIpc) is 2.04. The van der Waals surface area contributed by atoms with Gasteiger partial charge in [-0.2, -0.15) is 5.26 Å². The van der Waals surface area contributed by atoms with Crippen molar-refractivity contribution in [2.75, 3.05) is 7.11 Å². The van der Waals surface area contributed by atoms with Crippen molar-refractivity contribution in [2.24, 2.45) is 0 Å². The van der Waals surface area contributed by atoms with E-state index in [0.29, 0.717) is 0 Å². The van der Waals surface area contributed by atoms with Gasteiger partial charge in [0.05, 0.1) is 7.11 Å². The van der Waals surface area contributed by atoms with E-state index in [-0.39, 0.29) is 46.2 Å². The van der Waals surface area contributed by atoms with Crippen LogP contribution in [0.3, 0.4) is 0 Å². The molecule has 12 heavy (non-hydrogen) atoms. The third-order valence-corrected chi connectivity index (χ3v) is 1.36. The Hall–Kier alpha value is -0.340. The molecule has 0 aliphatic heterocycles. The number of aromatic nitrogens is 2. The van der Waals surface area contributed by atoms with Gasteiger partial charge in [-0.15, -0.1) is 0 Å². The molecule has 0 aromatic carbocycles. The first-order valence-electron chi connectivity index (χ1n) is 2.74. The molecule has 1 aromatic rings. The summed E-state index contributed by atoms with van der Waals surface area (Å²) in [6.45, 7) is 0. The molecule has 0 N–H and O–H groups in total. The van der Waals surface area contributed by atoms with Gasteiger partial charge < -0.3 is 4.74 Å². The average molecular weight is 194 g/mol. The molecule has 0 aliphatic rings. The molecule has 0 bridgehead atoms. The van der Waals surface area contributed by atoms with Gasteiger partial charge >= 0.3 is 29.6 Å². The number of nitrogens with zero attached hydrogens (tertiary/aromatic N) is 3. The van der Waals surface area contributed by atoms with Crippen LogP contribution in [0.25, 0.3) is 0 Å². The minimum absolute atomic E-state index is 0. The fourth-order valence-electron chi connectivity index (χ4n) is 0.598. The van der Waals surface area contributed by atoms with Gasteiger partial charge in [-0.1, -0.05) is 11.6 Å². The fourth-order valence-corrected chi connectivity index (χ4v) is 0.765. The fraction of sp³-hybridized carbons (Fsp3) is 0.167. The van der Waals surface area contributed by atoms with E-state index in [1.807, 2.05) is 6.07 Å². The van der Waals surface area contributed by atoms with Crippen LogP contribution >= 0.6 is 11.6 Å². The Bertz CT molecular complexity index is 312. The van der Waals surface area contributed by atoms with Crippen molar-refractivity contribution in [1.82, 2.24) is 9.97 Å². The molecule has 1 aromatic heterocycles. The molecule has 58 valence electrons. The van der Waals surface area contributed by atoms with Crippen LogP contribution in [0.15, 0.2) is 6.33 Å². The predicted octanol–water partition coefficient (Wildman–Crippen LogP) is 0.362. The summed E-state index contributed by atoms with van der Waals surface area (Å²) in [6.07, 6.45) is 1.24. The quantitative estimate of drug-likeness (QED) is 0.477. The minimum atomic E-state index is 0. The van der Waals surface area contributed by atoms with E-state index in [9.17, 15) is 0 Å². The van der Waals surface area contributed by atoms with Crippen LogP contribution in [0.2, 0.25) is 5.15 Å². The number of ether oxygens (including phenoxy) is 1. The van der Waals surface area contributed by atoms with Crippen LogP contribution < -0.4 is 4.74 Å². The third-order valence-electron chi connectivity index (χ3n) is 1.07. The molecular weight excluding hydrogens is 189 g/mol. The number of hydrogen-bond acceptors (Lipinski definition) is 4. The van der Waals surface area contributed by atoms with Crippen molar-refractivity contribution in [1.29, 1.82) is 5.26 Å². The molecule has 0 amide bonds. The first-order chi connectivity index (χ1) is 5.29. The van der Waals surface area contributed by atoms with Gasteiger partial charge in [0.15, 0.2) is 10.7 Å². The molecule has 0 atom stereocenters. The monoisotopic (exact) mass is 193 g/mol. The summed E-state index contributed by atoms with van der Waals surface area (Å²) in [6, 6.07) is 1.83. The van der Waals surface area contributed by atoms with Gasteiger partial charge in [0.2, 0.25) is 5.88 Å². The van der Waals surface area contributed by atoms with Crippen molar-refractivity contribution < 1.29 is 4.74 Å². The second-order valence-corrected chi connectivity index (χ2v) is 2.02. The number of rotatable bonds is 1. The molecule has 0 unspecified atom stereocenters. The summed E-state index contributed by atoms with van der Waals surface area (Å²) < 4.78 is 4.76. The molecule has 0 saturated heterocycles. The zero-order valence-corrected chi connectivity index (χ0v) is 6.46. The zero-order chi connectivity index (χ0) is 8.27. The summed E-state index contributed by atoms with van der Waals surface area (Å²) in [5.74, 6) is 0.201. The van der Waals surface area contributed by atoms with Crippen LogP contribution in [0, 0.1) is 11.3 Å². The van der Waals surface area contributed by atoms with Crippen LogP contribution in [-0.4, -0.2) is 46.6 Å². The van der Waals surface area contributed by atoms with E-state index in [1.165, 1.54) is 13.4 Å². The van der Waals surface area contributed by atoms with Gasteiger partial charge in [0.1, 0.15) is 12.4 Å². The van der Waals surface area contributed by atoms with E-state index in [1.54, 1.807) is 0 Å². The second-order valence-electron chi connectivity index (χ2n) is 1.66.